The van der Waals surface area contributed by atoms with Crippen LogP contribution in [0.4, 0.5) is 0 Å². The quantitative estimate of drug-likeness (QED) is 0.855. The lowest BCUT2D eigenvalue weighted by molar-refractivity contribution is 0.0957. The standard InChI is InChI=1S/C10H9ClN4O/c1-12-10(16)8-4-5-15(14-8)9-3-2-7(11)6-13-9/h2-6H,1H3,(H,12,16). The predicted molar refractivity (Wildman–Crippen MR) is 59.8 cm³/mol. The van der Waals surface area contributed by atoms with Gasteiger partial charge in [0, 0.05) is 19.4 Å². The molecule has 0 spiro atoms. The highest BCUT2D eigenvalue weighted by molar-refractivity contribution is 6.30. The van der Waals surface area contributed by atoms with Crippen LogP contribution in [-0.2, 0) is 0 Å². The van der Waals surface area contributed by atoms with Gasteiger partial charge in [0.2, 0.25) is 0 Å². The molecule has 0 saturated heterocycles. The maximum atomic E-state index is 11.3. The SMILES string of the molecule is CNC(=O)c1ccn(-c2ccc(Cl)cn2)n1. The van der Waals surface area contributed by atoms with Gasteiger partial charge in [0.25, 0.3) is 5.91 Å². The van der Waals surface area contributed by atoms with E-state index in [0.29, 0.717) is 16.5 Å². The van der Waals surface area contributed by atoms with E-state index in [4.69, 9.17) is 11.6 Å². The molecule has 16 heavy (non-hydrogen) atoms. The Labute approximate surface area is 97.1 Å². The van der Waals surface area contributed by atoms with Crippen LogP contribution in [-0.4, -0.2) is 27.7 Å². The zero-order valence-corrected chi connectivity index (χ0v) is 9.27. The molecule has 1 amide bonds. The van der Waals surface area contributed by atoms with Crippen molar-refractivity contribution < 1.29 is 4.79 Å². The Hall–Kier alpha value is -1.88. The second kappa shape index (κ2) is 4.32. The summed E-state index contributed by atoms with van der Waals surface area (Å²) in [6.45, 7) is 0. The lowest BCUT2D eigenvalue weighted by Crippen LogP contribution is -2.18. The van der Waals surface area contributed by atoms with Crippen LogP contribution < -0.4 is 5.32 Å². The average molecular weight is 237 g/mol. The second-order valence-corrected chi connectivity index (χ2v) is 3.50. The number of aromatic nitrogens is 3. The molecule has 2 heterocycles. The van der Waals surface area contributed by atoms with Gasteiger partial charge in [-0.1, -0.05) is 11.6 Å². The lowest BCUT2D eigenvalue weighted by atomic mass is 10.4. The number of nitrogens with one attached hydrogen (secondary N) is 1. The number of hydrogen-bond acceptors (Lipinski definition) is 3. The molecule has 1 N–H and O–H groups in total. The summed E-state index contributed by atoms with van der Waals surface area (Å²) in [5, 5.41) is 7.14. The molecule has 2 aromatic heterocycles. The van der Waals surface area contributed by atoms with Crippen molar-refractivity contribution in [2.75, 3.05) is 7.05 Å². The number of carbonyl (C=O) groups excluding carboxylic acids is 1. The van der Waals surface area contributed by atoms with Crippen molar-refractivity contribution in [3.05, 3.63) is 41.3 Å². The summed E-state index contributed by atoms with van der Waals surface area (Å²) < 4.78 is 1.51. The Bertz CT molecular complexity index is 506. The van der Waals surface area contributed by atoms with Crippen LogP contribution in [0.2, 0.25) is 5.02 Å². The van der Waals surface area contributed by atoms with Crippen molar-refractivity contribution in [2.45, 2.75) is 0 Å². The molecule has 0 saturated carbocycles. The molecule has 0 radical (unpaired) electrons. The van der Waals surface area contributed by atoms with E-state index >= 15 is 0 Å². The molecular formula is C10H9ClN4O. The van der Waals surface area contributed by atoms with E-state index in [1.807, 2.05) is 0 Å². The van der Waals surface area contributed by atoms with Gasteiger partial charge in [-0.3, -0.25) is 4.79 Å². The van der Waals surface area contributed by atoms with E-state index < -0.39 is 0 Å². The zero-order valence-electron chi connectivity index (χ0n) is 8.51. The van der Waals surface area contributed by atoms with Crippen molar-refractivity contribution in [3.8, 4) is 5.82 Å². The minimum Gasteiger partial charge on any atom is -0.354 e. The smallest absolute Gasteiger partial charge is 0.271 e. The van der Waals surface area contributed by atoms with Crippen LogP contribution in [0.25, 0.3) is 5.82 Å². The summed E-state index contributed by atoms with van der Waals surface area (Å²) in [6.07, 6.45) is 3.19. The highest BCUT2D eigenvalue weighted by Gasteiger charge is 2.08. The van der Waals surface area contributed by atoms with Crippen molar-refractivity contribution in [1.82, 2.24) is 20.1 Å². The molecule has 0 atom stereocenters. The fourth-order valence-electron chi connectivity index (χ4n) is 1.20. The van der Waals surface area contributed by atoms with E-state index in [1.54, 1.807) is 31.4 Å². The van der Waals surface area contributed by atoms with Crippen molar-refractivity contribution >= 4 is 17.5 Å². The van der Waals surface area contributed by atoms with Crippen LogP contribution in [0.3, 0.4) is 0 Å². The maximum Gasteiger partial charge on any atom is 0.271 e. The molecule has 2 aromatic rings. The van der Waals surface area contributed by atoms with E-state index in [0.717, 1.165) is 0 Å². The van der Waals surface area contributed by atoms with Crippen LogP contribution >= 0.6 is 11.6 Å². The van der Waals surface area contributed by atoms with Crippen molar-refractivity contribution in [3.63, 3.8) is 0 Å². The number of hydrogen-bond donors (Lipinski definition) is 1. The first-order valence-corrected chi connectivity index (χ1v) is 4.98. The Balaban J connectivity index is 2.31. The number of rotatable bonds is 2. The fraction of sp³-hybridized carbons (Fsp3) is 0.100. The number of amides is 1. The minimum atomic E-state index is -0.229. The molecule has 0 aliphatic rings. The largest absolute Gasteiger partial charge is 0.354 e. The second-order valence-electron chi connectivity index (χ2n) is 3.06. The van der Waals surface area contributed by atoms with E-state index in [9.17, 15) is 4.79 Å². The predicted octanol–water partition coefficient (Wildman–Crippen LogP) is 1.28. The molecule has 0 aromatic carbocycles. The Kier molecular flexibility index (Phi) is 2.87. The third kappa shape index (κ3) is 2.04. The molecule has 5 nitrogen and oxygen atoms in total. The first-order valence-electron chi connectivity index (χ1n) is 4.60. The van der Waals surface area contributed by atoms with Gasteiger partial charge in [0.1, 0.15) is 0 Å². The van der Waals surface area contributed by atoms with Crippen molar-refractivity contribution in [2.24, 2.45) is 0 Å². The summed E-state index contributed by atoms with van der Waals surface area (Å²) in [7, 11) is 1.56. The Morgan fingerprint density at radius 1 is 1.44 bits per heavy atom. The third-order valence-corrected chi connectivity index (χ3v) is 2.22. The van der Waals surface area contributed by atoms with Crippen LogP contribution in [0, 0.1) is 0 Å². The van der Waals surface area contributed by atoms with Gasteiger partial charge in [-0.15, -0.1) is 0 Å². The summed E-state index contributed by atoms with van der Waals surface area (Å²) in [4.78, 5) is 15.4. The topological polar surface area (TPSA) is 59.8 Å². The van der Waals surface area contributed by atoms with E-state index in [1.165, 1.54) is 10.9 Å². The van der Waals surface area contributed by atoms with Crippen LogP contribution in [0.1, 0.15) is 10.5 Å². The molecule has 0 unspecified atom stereocenters. The van der Waals surface area contributed by atoms with Crippen LogP contribution in [0.5, 0.6) is 0 Å². The summed E-state index contributed by atoms with van der Waals surface area (Å²) >= 11 is 5.72. The first-order chi connectivity index (χ1) is 7.70. The van der Waals surface area contributed by atoms with Gasteiger partial charge in [0.05, 0.1) is 5.02 Å². The molecule has 0 aliphatic heterocycles. The molecule has 6 heteroatoms. The molecule has 82 valence electrons. The van der Waals surface area contributed by atoms with Gasteiger partial charge in [-0.25, -0.2) is 9.67 Å². The van der Waals surface area contributed by atoms with Gasteiger partial charge in [-0.2, -0.15) is 5.10 Å². The normalized spacial score (nSPS) is 10.1. The first kappa shape index (κ1) is 10.6. The van der Waals surface area contributed by atoms with Gasteiger partial charge < -0.3 is 5.32 Å². The van der Waals surface area contributed by atoms with Crippen LogP contribution in [0.15, 0.2) is 30.6 Å². The summed E-state index contributed by atoms with van der Waals surface area (Å²) in [5.41, 5.74) is 0.347. The monoisotopic (exact) mass is 236 g/mol. The molecular weight excluding hydrogens is 228 g/mol. The van der Waals surface area contributed by atoms with Gasteiger partial charge in [0.15, 0.2) is 11.5 Å². The Morgan fingerprint density at radius 3 is 2.88 bits per heavy atom. The summed E-state index contributed by atoms with van der Waals surface area (Å²) in [5.74, 6) is 0.382. The van der Waals surface area contributed by atoms with Gasteiger partial charge in [-0.05, 0) is 18.2 Å². The molecule has 2 rings (SSSR count). The number of pyridine rings is 1. The Morgan fingerprint density at radius 2 is 2.25 bits per heavy atom. The average Bonchev–Trinajstić information content (AvgIpc) is 2.78. The highest BCUT2D eigenvalue weighted by atomic mass is 35.5. The van der Waals surface area contributed by atoms with E-state index in [-0.39, 0.29) is 5.91 Å². The maximum absolute atomic E-state index is 11.3. The van der Waals surface area contributed by atoms with Crippen molar-refractivity contribution in [1.29, 1.82) is 0 Å². The number of halogens is 1. The number of nitrogens with zero attached hydrogens (tertiary/aromatic N) is 3. The summed E-state index contributed by atoms with van der Waals surface area (Å²) in [6, 6.07) is 5.06. The zero-order chi connectivity index (χ0) is 11.5. The van der Waals surface area contributed by atoms with Gasteiger partial charge >= 0.3 is 0 Å². The molecule has 0 aliphatic carbocycles. The third-order valence-electron chi connectivity index (χ3n) is 2.00. The van der Waals surface area contributed by atoms with E-state index in [2.05, 4.69) is 15.4 Å². The fourth-order valence-corrected chi connectivity index (χ4v) is 1.32. The molecule has 0 bridgehead atoms. The highest BCUT2D eigenvalue weighted by Crippen LogP contribution is 2.09. The molecule has 0 fully saturated rings. The lowest BCUT2D eigenvalue weighted by Gasteiger charge is -1.99. The minimum absolute atomic E-state index is 0.229. The number of carbonyl (C=O) groups is 1.